The Morgan fingerprint density at radius 1 is 1.33 bits per heavy atom. The first kappa shape index (κ1) is 9.96. The second kappa shape index (κ2) is 5.51. The normalized spacial score (nSPS) is 29.5. The van der Waals surface area contributed by atoms with Crippen molar-refractivity contribution in [3.63, 3.8) is 0 Å². The van der Waals surface area contributed by atoms with Crippen molar-refractivity contribution in [1.82, 2.24) is 5.32 Å². The fourth-order valence-electron chi connectivity index (χ4n) is 1.65. The van der Waals surface area contributed by atoms with Gasteiger partial charge in [-0.1, -0.05) is 0 Å². The van der Waals surface area contributed by atoms with Crippen LogP contribution in [0.4, 0.5) is 0 Å². The molecule has 2 unspecified atom stereocenters. The lowest BCUT2D eigenvalue weighted by Crippen LogP contribution is -2.23. The number of methoxy groups -OCH3 is 1. The van der Waals surface area contributed by atoms with Gasteiger partial charge in [0.05, 0.1) is 19.3 Å². The zero-order valence-corrected chi connectivity index (χ0v) is 8.01. The van der Waals surface area contributed by atoms with Crippen molar-refractivity contribution in [2.75, 3.05) is 27.4 Å². The van der Waals surface area contributed by atoms with E-state index in [0.29, 0.717) is 18.8 Å². The molecule has 0 heterocycles. The Balaban J connectivity index is 2.03. The maximum Gasteiger partial charge on any atom is 0.0704 e. The molecule has 0 radical (unpaired) electrons. The third kappa shape index (κ3) is 3.09. The monoisotopic (exact) mass is 173 g/mol. The van der Waals surface area contributed by atoms with Gasteiger partial charge in [0.2, 0.25) is 0 Å². The SMILES string of the molecule is CNC1CCC(OCCOC)C1. The van der Waals surface area contributed by atoms with Crippen LogP contribution in [0.25, 0.3) is 0 Å². The molecule has 1 aliphatic rings. The Labute approximate surface area is 74.4 Å². The largest absolute Gasteiger partial charge is 0.382 e. The van der Waals surface area contributed by atoms with Crippen molar-refractivity contribution in [3.8, 4) is 0 Å². The van der Waals surface area contributed by atoms with E-state index in [0.717, 1.165) is 13.0 Å². The van der Waals surface area contributed by atoms with Gasteiger partial charge in [-0.25, -0.2) is 0 Å². The van der Waals surface area contributed by atoms with Crippen molar-refractivity contribution in [2.45, 2.75) is 31.4 Å². The van der Waals surface area contributed by atoms with Crippen molar-refractivity contribution < 1.29 is 9.47 Å². The van der Waals surface area contributed by atoms with Gasteiger partial charge in [-0.05, 0) is 26.3 Å². The highest BCUT2D eigenvalue weighted by atomic mass is 16.5. The first-order valence-electron chi connectivity index (χ1n) is 4.64. The summed E-state index contributed by atoms with van der Waals surface area (Å²) in [5.41, 5.74) is 0. The molecule has 3 heteroatoms. The van der Waals surface area contributed by atoms with E-state index in [1.165, 1.54) is 12.8 Å². The molecule has 0 bridgehead atoms. The topological polar surface area (TPSA) is 30.5 Å². The summed E-state index contributed by atoms with van der Waals surface area (Å²) in [4.78, 5) is 0. The van der Waals surface area contributed by atoms with Crippen molar-refractivity contribution in [1.29, 1.82) is 0 Å². The number of hydrogen-bond acceptors (Lipinski definition) is 3. The van der Waals surface area contributed by atoms with E-state index in [9.17, 15) is 0 Å². The molecule has 2 atom stereocenters. The molecular formula is C9H19NO2. The van der Waals surface area contributed by atoms with Crippen molar-refractivity contribution in [3.05, 3.63) is 0 Å². The summed E-state index contributed by atoms with van der Waals surface area (Å²) in [5, 5.41) is 3.27. The molecule has 1 aliphatic carbocycles. The second-order valence-electron chi connectivity index (χ2n) is 3.28. The maximum absolute atomic E-state index is 5.61. The molecule has 0 saturated heterocycles. The average molecular weight is 173 g/mol. The van der Waals surface area contributed by atoms with E-state index in [1.807, 2.05) is 7.05 Å². The van der Waals surface area contributed by atoms with Crippen LogP contribution in [0, 0.1) is 0 Å². The number of nitrogens with one attached hydrogen (secondary N) is 1. The molecule has 1 rings (SSSR count). The Kier molecular flexibility index (Phi) is 4.58. The zero-order valence-electron chi connectivity index (χ0n) is 8.01. The smallest absolute Gasteiger partial charge is 0.0704 e. The van der Waals surface area contributed by atoms with E-state index in [-0.39, 0.29) is 0 Å². The van der Waals surface area contributed by atoms with Gasteiger partial charge < -0.3 is 14.8 Å². The summed E-state index contributed by atoms with van der Waals surface area (Å²) in [7, 11) is 3.72. The van der Waals surface area contributed by atoms with E-state index in [1.54, 1.807) is 7.11 Å². The van der Waals surface area contributed by atoms with Crippen LogP contribution in [0.15, 0.2) is 0 Å². The first-order valence-corrected chi connectivity index (χ1v) is 4.64. The summed E-state index contributed by atoms with van der Waals surface area (Å²) in [6.07, 6.45) is 4.04. The Morgan fingerprint density at radius 3 is 2.75 bits per heavy atom. The summed E-state index contributed by atoms with van der Waals surface area (Å²) < 4.78 is 10.5. The lowest BCUT2D eigenvalue weighted by atomic mass is 10.2. The fraction of sp³-hybridized carbons (Fsp3) is 1.00. The lowest BCUT2D eigenvalue weighted by Gasteiger charge is -2.11. The Bertz CT molecular complexity index is 119. The Morgan fingerprint density at radius 2 is 2.17 bits per heavy atom. The molecule has 1 N–H and O–H groups in total. The highest BCUT2D eigenvalue weighted by molar-refractivity contribution is 4.79. The number of hydrogen-bond donors (Lipinski definition) is 1. The standard InChI is InChI=1S/C9H19NO2/c1-10-8-3-4-9(7-8)12-6-5-11-2/h8-10H,3-7H2,1-2H3. The van der Waals surface area contributed by atoms with Crippen LogP contribution in [0.2, 0.25) is 0 Å². The minimum absolute atomic E-state index is 0.456. The molecule has 0 amide bonds. The van der Waals surface area contributed by atoms with E-state index < -0.39 is 0 Å². The fourth-order valence-corrected chi connectivity index (χ4v) is 1.65. The molecule has 0 aromatic carbocycles. The molecule has 3 nitrogen and oxygen atoms in total. The molecule has 0 aliphatic heterocycles. The maximum atomic E-state index is 5.61. The van der Waals surface area contributed by atoms with Crippen LogP contribution < -0.4 is 5.32 Å². The van der Waals surface area contributed by atoms with Gasteiger partial charge >= 0.3 is 0 Å². The van der Waals surface area contributed by atoms with Gasteiger partial charge in [0, 0.05) is 13.2 Å². The Hall–Kier alpha value is -0.120. The lowest BCUT2D eigenvalue weighted by molar-refractivity contribution is 0.0201. The third-order valence-corrected chi connectivity index (χ3v) is 2.43. The average Bonchev–Trinajstić information content (AvgIpc) is 2.53. The van der Waals surface area contributed by atoms with Gasteiger partial charge in [-0.15, -0.1) is 0 Å². The second-order valence-corrected chi connectivity index (χ2v) is 3.28. The van der Waals surface area contributed by atoms with Crippen molar-refractivity contribution in [2.24, 2.45) is 0 Å². The van der Waals surface area contributed by atoms with E-state index in [4.69, 9.17) is 9.47 Å². The van der Waals surface area contributed by atoms with Gasteiger partial charge in [0.1, 0.15) is 0 Å². The van der Waals surface area contributed by atoms with Gasteiger partial charge in [-0.2, -0.15) is 0 Å². The van der Waals surface area contributed by atoms with Gasteiger partial charge in [-0.3, -0.25) is 0 Å². The van der Waals surface area contributed by atoms with Crippen molar-refractivity contribution >= 4 is 0 Å². The quantitative estimate of drug-likeness (QED) is 0.623. The predicted octanol–water partition coefficient (Wildman–Crippen LogP) is 0.790. The van der Waals surface area contributed by atoms with Crippen LogP contribution in [0.5, 0.6) is 0 Å². The summed E-state index contributed by atoms with van der Waals surface area (Å²) in [5.74, 6) is 0. The molecule has 1 saturated carbocycles. The highest BCUT2D eigenvalue weighted by Gasteiger charge is 2.23. The van der Waals surface area contributed by atoms with Crippen LogP contribution in [-0.4, -0.2) is 39.5 Å². The minimum atomic E-state index is 0.456. The summed E-state index contributed by atoms with van der Waals surface area (Å²) in [6, 6.07) is 0.664. The summed E-state index contributed by atoms with van der Waals surface area (Å²) in [6.45, 7) is 1.44. The molecule has 1 fully saturated rings. The number of ether oxygens (including phenoxy) is 2. The number of rotatable bonds is 5. The molecule has 0 aromatic rings. The molecule has 12 heavy (non-hydrogen) atoms. The van der Waals surface area contributed by atoms with Crippen LogP contribution in [-0.2, 0) is 9.47 Å². The molecule has 0 aromatic heterocycles. The van der Waals surface area contributed by atoms with Crippen LogP contribution in [0.1, 0.15) is 19.3 Å². The van der Waals surface area contributed by atoms with E-state index in [2.05, 4.69) is 5.32 Å². The predicted molar refractivity (Wildman–Crippen MR) is 48.3 cm³/mol. The van der Waals surface area contributed by atoms with Crippen LogP contribution >= 0.6 is 0 Å². The zero-order chi connectivity index (χ0) is 8.81. The minimum Gasteiger partial charge on any atom is -0.382 e. The molecular weight excluding hydrogens is 154 g/mol. The summed E-state index contributed by atoms with van der Waals surface area (Å²) >= 11 is 0. The first-order chi connectivity index (χ1) is 5.86. The third-order valence-electron chi connectivity index (χ3n) is 2.43. The highest BCUT2D eigenvalue weighted by Crippen LogP contribution is 2.21. The van der Waals surface area contributed by atoms with Gasteiger partial charge in [0.25, 0.3) is 0 Å². The van der Waals surface area contributed by atoms with E-state index >= 15 is 0 Å². The van der Waals surface area contributed by atoms with Crippen LogP contribution in [0.3, 0.4) is 0 Å². The molecule has 0 spiro atoms. The van der Waals surface area contributed by atoms with Gasteiger partial charge in [0.15, 0.2) is 0 Å². The molecule has 72 valence electrons.